The molecule has 0 aliphatic heterocycles. The van der Waals surface area contributed by atoms with Crippen molar-refractivity contribution in [1.82, 2.24) is 0 Å². The lowest BCUT2D eigenvalue weighted by Gasteiger charge is -2.10. The lowest BCUT2D eigenvalue weighted by Crippen LogP contribution is -2.07. The van der Waals surface area contributed by atoms with Crippen LogP contribution in [0.4, 0.5) is 4.39 Å². The zero-order valence-electron chi connectivity index (χ0n) is 12.4. The quantitative estimate of drug-likeness (QED) is 0.773. The summed E-state index contributed by atoms with van der Waals surface area (Å²) in [6, 6.07) is 15.0. The average Bonchev–Trinajstić information content (AvgIpc) is 2.47. The number of nitrogens with two attached hydrogens (primary N) is 1. The summed E-state index contributed by atoms with van der Waals surface area (Å²) in [6.07, 6.45) is 3.05. The fourth-order valence-electron chi connectivity index (χ4n) is 2.23. The summed E-state index contributed by atoms with van der Waals surface area (Å²) in [7, 11) is 0. The van der Waals surface area contributed by atoms with Gasteiger partial charge in [0.25, 0.3) is 0 Å². The second-order valence-electron chi connectivity index (χ2n) is 5.26. The molecule has 0 heterocycles. The van der Waals surface area contributed by atoms with E-state index in [4.69, 9.17) is 10.5 Å². The van der Waals surface area contributed by atoms with Gasteiger partial charge in [0.2, 0.25) is 0 Å². The molecule has 3 heteroatoms. The first-order chi connectivity index (χ1) is 10.2. The average molecular weight is 287 g/mol. The molecule has 0 amide bonds. The first kappa shape index (κ1) is 15.5. The highest BCUT2D eigenvalue weighted by atomic mass is 19.1. The van der Waals surface area contributed by atoms with Gasteiger partial charge in [-0.15, -0.1) is 0 Å². The van der Waals surface area contributed by atoms with Gasteiger partial charge in [-0.3, -0.25) is 0 Å². The molecule has 0 spiro atoms. The molecule has 0 aliphatic rings. The molecule has 1 atom stereocenters. The number of unbranched alkanes of at least 4 members (excludes halogenated alkanes) is 1. The maximum absolute atomic E-state index is 13.7. The van der Waals surface area contributed by atoms with E-state index < -0.39 is 0 Å². The smallest absolute Gasteiger partial charge is 0.131 e. The fraction of sp³-hybridized carbons (Fsp3) is 0.333. The van der Waals surface area contributed by atoms with Crippen LogP contribution >= 0.6 is 0 Å². The van der Waals surface area contributed by atoms with Gasteiger partial charge in [-0.2, -0.15) is 0 Å². The zero-order valence-corrected chi connectivity index (χ0v) is 12.4. The van der Waals surface area contributed by atoms with Crippen LogP contribution in [0.15, 0.2) is 48.5 Å². The minimum Gasteiger partial charge on any atom is -0.493 e. The van der Waals surface area contributed by atoms with Gasteiger partial charge in [-0.25, -0.2) is 4.39 Å². The third-order valence-electron chi connectivity index (χ3n) is 3.43. The molecule has 2 aromatic rings. The van der Waals surface area contributed by atoms with Gasteiger partial charge < -0.3 is 10.5 Å². The van der Waals surface area contributed by atoms with Crippen LogP contribution in [-0.4, -0.2) is 6.61 Å². The molecule has 2 rings (SSSR count). The van der Waals surface area contributed by atoms with Crippen molar-refractivity contribution in [2.45, 2.75) is 32.2 Å². The lowest BCUT2D eigenvalue weighted by atomic mass is 10.1. The first-order valence-electron chi connectivity index (χ1n) is 7.38. The SMILES string of the molecule is C[C@@H](N)c1ccc(OCCCCc2ccccc2)cc1F. The van der Waals surface area contributed by atoms with Gasteiger partial charge in [0.1, 0.15) is 11.6 Å². The molecule has 0 fully saturated rings. The van der Waals surface area contributed by atoms with Gasteiger partial charge in [0.15, 0.2) is 0 Å². The molecule has 0 saturated heterocycles. The Morgan fingerprint density at radius 1 is 1.10 bits per heavy atom. The molecule has 0 unspecified atom stereocenters. The number of benzene rings is 2. The van der Waals surface area contributed by atoms with Crippen molar-refractivity contribution in [3.63, 3.8) is 0 Å². The first-order valence-corrected chi connectivity index (χ1v) is 7.38. The fourth-order valence-corrected chi connectivity index (χ4v) is 2.23. The van der Waals surface area contributed by atoms with Crippen LogP contribution < -0.4 is 10.5 Å². The summed E-state index contributed by atoms with van der Waals surface area (Å²) in [5.74, 6) is 0.267. The molecule has 21 heavy (non-hydrogen) atoms. The van der Waals surface area contributed by atoms with E-state index in [1.165, 1.54) is 11.6 Å². The van der Waals surface area contributed by atoms with Crippen LogP contribution in [0.25, 0.3) is 0 Å². The highest BCUT2D eigenvalue weighted by Gasteiger charge is 2.07. The minimum absolute atomic E-state index is 0.299. The summed E-state index contributed by atoms with van der Waals surface area (Å²) in [5.41, 5.74) is 7.54. The molecule has 2 aromatic carbocycles. The van der Waals surface area contributed by atoms with Crippen molar-refractivity contribution in [3.8, 4) is 5.75 Å². The topological polar surface area (TPSA) is 35.2 Å². The predicted molar refractivity (Wildman–Crippen MR) is 83.9 cm³/mol. The normalized spacial score (nSPS) is 12.1. The van der Waals surface area contributed by atoms with Gasteiger partial charge in [0, 0.05) is 17.7 Å². The van der Waals surface area contributed by atoms with Crippen LogP contribution in [0, 0.1) is 5.82 Å². The summed E-state index contributed by atoms with van der Waals surface area (Å²) < 4.78 is 19.3. The van der Waals surface area contributed by atoms with Gasteiger partial charge in [-0.05, 0) is 37.8 Å². The Hall–Kier alpha value is -1.87. The Morgan fingerprint density at radius 2 is 1.86 bits per heavy atom. The highest BCUT2D eigenvalue weighted by molar-refractivity contribution is 5.30. The summed E-state index contributed by atoms with van der Waals surface area (Å²) in [4.78, 5) is 0. The molecule has 0 radical (unpaired) electrons. The number of halogens is 1. The van der Waals surface area contributed by atoms with E-state index >= 15 is 0 Å². The van der Waals surface area contributed by atoms with Gasteiger partial charge in [-0.1, -0.05) is 36.4 Å². The standard InChI is InChI=1S/C18H22FNO/c1-14(20)17-11-10-16(13-18(17)19)21-12-6-5-9-15-7-3-2-4-8-15/h2-4,7-8,10-11,13-14H,5-6,9,12,20H2,1H3/t14-/m1/s1. The molecule has 0 aromatic heterocycles. The van der Waals surface area contributed by atoms with Crippen LogP contribution in [0.5, 0.6) is 5.75 Å². The highest BCUT2D eigenvalue weighted by Crippen LogP contribution is 2.20. The zero-order chi connectivity index (χ0) is 15.1. The van der Waals surface area contributed by atoms with E-state index in [-0.39, 0.29) is 11.9 Å². The predicted octanol–water partition coefficient (Wildman–Crippen LogP) is 4.25. The van der Waals surface area contributed by atoms with Crippen LogP contribution in [0.2, 0.25) is 0 Å². The van der Waals surface area contributed by atoms with E-state index in [0.29, 0.717) is 17.9 Å². The summed E-state index contributed by atoms with van der Waals surface area (Å²) in [6.45, 7) is 2.37. The molecule has 112 valence electrons. The van der Waals surface area contributed by atoms with E-state index in [0.717, 1.165) is 19.3 Å². The molecular formula is C18H22FNO. The Morgan fingerprint density at radius 3 is 2.52 bits per heavy atom. The molecule has 0 saturated carbocycles. The van der Waals surface area contributed by atoms with E-state index in [1.807, 2.05) is 6.07 Å². The van der Waals surface area contributed by atoms with Crippen molar-refractivity contribution in [2.24, 2.45) is 5.73 Å². The number of aryl methyl sites for hydroxylation is 1. The molecule has 0 aliphatic carbocycles. The van der Waals surface area contributed by atoms with Crippen LogP contribution in [-0.2, 0) is 6.42 Å². The number of ether oxygens (including phenoxy) is 1. The number of hydrogen-bond acceptors (Lipinski definition) is 2. The lowest BCUT2D eigenvalue weighted by molar-refractivity contribution is 0.305. The maximum Gasteiger partial charge on any atom is 0.131 e. The van der Waals surface area contributed by atoms with Crippen molar-refractivity contribution in [3.05, 3.63) is 65.5 Å². The maximum atomic E-state index is 13.7. The van der Waals surface area contributed by atoms with Crippen molar-refractivity contribution in [1.29, 1.82) is 0 Å². The van der Waals surface area contributed by atoms with Crippen molar-refractivity contribution < 1.29 is 9.13 Å². The van der Waals surface area contributed by atoms with Crippen LogP contribution in [0.3, 0.4) is 0 Å². The third-order valence-corrected chi connectivity index (χ3v) is 3.43. The van der Waals surface area contributed by atoms with Crippen LogP contribution in [0.1, 0.15) is 36.9 Å². The van der Waals surface area contributed by atoms with E-state index in [2.05, 4.69) is 24.3 Å². The summed E-state index contributed by atoms with van der Waals surface area (Å²) >= 11 is 0. The van der Waals surface area contributed by atoms with Crippen molar-refractivity contribution >= 4 is 0 Å². The minimum atomic E-state index is -0.301. The summed E-state index contributed by atoms with van der Waals surface area (Å²) in [5, 5.41) is 0. The second kappa shape index (κ2) is 7.79. The molecule has 0 bridgehead atoms. The van der Waals surface area contributed by atoms with E-state index in [9.17, 15) is 4.39 Å². The largest absolute Gasteiger partial charge is 0.493 e. The van der Waals surface area contributed by atoms with Gasteiger partial charge in [0.05, 0.1) is 6.61 Å². The molecular weight excluding hydrogens is 265 g/mol. The Labute approximate surface area is 125 Å². The Kier molecular flexibility index (Phi) is 5.76. The third kappa shape index (κ3) is 4.87. The number of hydrogen-bond donors (Lipinski definition) is 1. The Balaban J connectivity index is 1.72. The molecule has 2 nitrogen and oxygen atoms in total. The van der Waals surface area contributed by atoms with E-state index in [1.54, 1.807) is 19.1 Å². The van der Waals surface area contributed by atoms with Gasteiger partial charge >= 0.3 is 0 Å². The second-order valence-corrected chi connectivity index (χ2v) is 5.26. The monoisotopic (exact) mass is 287 g/mol. The Bertz CT molecular complexity index is 554. The van der Waals surface area contributed by atoms with Crippen molar-refractivity contribution in [2.75, 3.05) is 6.61 Å². The number of rotatable bonds is 7. The molecule has 2 N–H and O–H groups in total.